The molecule has 3 aromatic carbocycles. The van der Waals surface area contributed by atoms with E-state index in [0.717, 1.165) is 11.6 Å². The number of carbonyl (C=O) groups excluding carboxylic acids is 2. The van der Waals surface area contributed by atoms with Crippen LogP contribution in [0.25, 0.3) is 0 Å². The number of rotatable bonds is 6. The molecule has 3 aromatic rings. The van der Waals surface area contributed by atoms with E-state index in [2.05, 4.69) is 10.6 Å². The Morgan fingerprint density at radius 1 is 1.00 bits per heavy atom. The molecule has 2 N–H and O–H groups in total. The molecule has 2 amide bonds. The van der Waals surface area contributed by atoms with Crippen molar-refractivity contribution >= 4 is 40.5 Å². The molecule has 0 heterocycles. The Balaban J connectivity index is 1.69. The monoisotopic (exact) mass is 448 g/mol. The molecule has 0 aliphatic carbocycles. The van der Waals surface area contributed by atoms with Crippen molar-refractivity contribution in [3.63, 3.8) is 0 Å². The maximum absolute atomic E-state index is 13.0. The first-order valence-corrected chi connectivity index (χ1v) is 10.0. The van der Waals surface area contributed by atoms with Gasteiger partial charge in [-0.3, -0.25) is 25.0 Å². The standard InChI is InChI=1S/C23H20N4O4S/c1-26(15-16-8-3-2-4-9-16)22(29)19-12-5-6-13-20(19)24-23(32)25-21(28)17-10-7-11-18(14-17)27(30)31/h2-14H,15H2,1H3,(H2,24,25,28,32). The highest BCUT2D eigenvalue weighted by molar-refractivity contribution is 7.80. The molecule has 0 saturated heterocycles. The molecule has 0 radical (unpaired) electrons. The molecule has 3 rings (SSSR count). The van der Waals surface area contributed by atoms with Gasteiger partial charge in [-0.05, 0) is 36.0 Å². The van der Waals surface area contributed by atoms with E-state index in [0.29, 0.717) is 17.8 Å². The SMILES string of the molecule is CN(Cc1ccccc1)C(=O)c1ccccc1NC(=S)NC(=O)c1cccc([N+](=O)[O-])c1. The molecule has 0 aromatic heterocycles. The molecule has 8 nitrogen and oxygen atoms in total. The number of hydrogen-bond acceptors (Lipinski definition) is 5. The van der Waals surface area contributed by atoms with Crippen molar-refractivity contribution < 1.29 is 14.5 Å². The lowest BCUT2D eigenvalue weighted by Crippen LogP contribution is -2.35. The molecule has 0 atom stereocenters. The van der Waals surface area contributed by atoms with E-state index in [-0.39, 0.29) is 22.3 Å². The van der Waals surface area contributed by atoms with Gasteiger partial charge in [-0.2, -0.15) is 0 Å². The van der Waals surface area contributed by atoms with Gasteiger partial charge in [0.05, 0.1) is 16.2 Å². The van der Waals surface area contributed by atoms with E-state index in [1.54, 1.807) is 36.2 Å². The van der Waals surface area contributed by atoms with Crippen LogP contribution < -0.4 is 10.6 Å². The Bertz CT molecular complexity index is 1170. The van der Waals surface area contributed by atoms with Gasteiger partial charge >= 0.3 is 0 Å². The van der Waals surface area contributed by atoms with Crippen molar-refractivity contribution in [3.8, 4) is 0 Å². The minimum absolute atomic E-state index is 0.0348. The lowest BCUT2D eigenvalue weighted by atomic mass is 10.1. The smallest absolute Gasteiger partial charge is 0.270 e. The van der Waals surface area contributed by atoms with Gasteiger partial charge in [0.15, 0.2) is 5.11 Å². The molecule has 0 fully saturated rings. The van der Waals surface area contributed by atoms with Gasteiger partial charge in [0, 0.05) is 31.3 Å². The topological polar surface area (TPSA) is 105 Å². The number of nitrogens with one attached hydrogen (secondary N) is 2. The number of hydrogen-bond donors (Lipinski definition) is 2. The lowest BCUT2D eigenvalue weighted by Gasteiger charge is -2.20. The minimum atomic E-state index is -0.601. The molecule has 0 aliphatic heterocycles. The number of non-ortho nitro benzene ring substituents is 1. The predicted molar refractivity (Wildman–Crippen MR) is 125 cm³/mol. The first-order valence-electron chi connectivity index (χ1n) is 9.60. The number of nitrogens with zero attached hydrogens (tertiary/aromatic N) is 2. The Kier molecular flexibility index (Phi) is 7.25. The van der Waals surface area contributed by atoms with Crippen molar-refractivity contribution in [2.24, 2.45) is 0 Å². The normalized spacial score (nSPS) is 10.2. The quantitative estimate of drug-likeness (QED) is 0.336. The molecule has 0 unspecified atom stereocenters. The highest BCUT2D eigenvalue weighted by atomic mass is 32.1. The third kappa shape index (κ3) is 5.73. The fourth-order valence-corrected chi connectivity index (χ4v) is 3.21. The van der Waals surface area contributed by atoms with Crippen LogP contribution in [0.15, 0.2) is 78.9 Å². The summed E-state index contributed by atoms with van der Waals surface area (Å²) in [6, 6.07) is 21.7. The summed E-state index contributed by atoms with van der Waals surface area (Å²) in [6.07, 6.45) is 0. The van der Waals surface area contributed by atoms with Crippen LogP contribution >= 0.6 is 12.2 Å². The van der Waals surface area contributed by atoms with Gasteiger partial charge in [-0.1, -0.05) is 48.5 Å². The number of carbonyl (C=O) groups is 2. The number of nitro benzene ring substituents is 1. The average molecular weight is 449 g/mol. The zero-order valence-corrected chi connectivity index (χ0v) is 18.0. The number of thiocarbonyl (C=S) groups is 1. The van der Waals surface area contributed by atoms with Gasteiger partial charge < -0.3 is 10.2 Å². The molecule has 0 spiro atoms. The Hall–Kier alpha value is -4.11. The third-order valence-corrected chi connectivity index (χ3v) is 4.77. The summed E-state index contributed by atoms with van der Waals surface area (Å²) in [7, 11) is 1.70. The fraction of sp³-hybridized carbons (Fsp3) is 0.0870. The zero-order chi connectivity index (χ0) is 23.1. The van der Waals surface area contributed by atoms with E-state index < -0.39 is 10.8 Å². The highest BCUT2D eigenvalue weighted by Gasteiger charge is 2.18. The van der Waals surface area contributed by atoms with E-state index in [1.165, 1.54) is 18.2 Å². The van der Waals surface area contributed by atoms with Crippen LogP contribution in [0.5, 0.6) is 0 Å². The van der Waals surface area contributed by atoms with Crippen LogP contribution in [0.2, 0.25) is 0 Å². The van der Waals surface area contributed by atoms with Crippen molar-refractivity contribution in [1.29, 1.82) is 0 Å². The first-order chi connectivity index (χ1) is 15.3. The van der Waals surface area contributed by atoms with Crippen molar-refractivity contribution in [2.75, 3.05) is 12.4 Å². The Morgan fingerprint density at radius 2 is 1.69 bits per heavy atom. The van der Waals surface area contributed by atoms with Crippen LogP contribution in [-0.4, -0.2) is 33.8 Å². The highest BCUT2D eigenvalue weighted by Crippen LogP contribution is 2.18. The Morgan fingerprint density at radius 3 is 2.41 bits per heavy atom. The van der Waals surface area contributed by atoms with Crippen molar-refractivity contribution in [3.05, 3.63) is 106 Å². The van der Waals surface area contributed by atoms with Gasteiger partial charge in [0.1, 0.15) is 0 Å². The summed E-state index contributed by atoms with van der Waals surface area (Å²) in [6.45, 7) is 0.433. The number of amides is 2. The Labute approximate surface area is 190 Å². The van der Waals surface area contributed by atoms with Crippen molar-refractivity contribution in [1.82, 2.24) is 10.2 Å². The van der Waals surface area contributed by atoms with E-state index in [1.807, 2.05) is 30.3 Å². The van der Waals surface area contributed by atoms with Crippen LogP contribution in [0, 0.1) is 10.1 Å². The van der Waals surface area contributed by atoms with Gasteiger partial charge in [0.25, 0.3) is 17.5 Å². The summed E-state index contributed by atoms with van der Waals surface area (Å²) in [5.41, 5.74) is 1.71. The first kappa shape index (κ1) is 22.6. The summed E-state index contributed by atoms with van der Waals surface area (Å²) in [5, 5.41) is 16.2. The van der Waals surface area contributed by atoms with Gasteiger partial charge in [0.2, 0.25) is 0 Å². The van der Waals surface area contributed by atoms with Gasteiger partial charge in [-0.15, -0.1) is 0 Å². The fourth-order valence-electron chi connectivity index (χ4n) is 3.00. The molecular weight excluding hydrogens is 428 g/mol. The molecule has 162 valence electrons. The number of para-hydroxylation sites is 1. The van der Waals surface area contributed by atoms with E-state index in [4.69, 9.17) is 12.2 Å². The van der Waals surface area contributed by atoms with E-state index >= 15 is 0 Å². The molecular formula is C23H20N4O4S. The second-order valence-corrected chi connectivity index (χ2v) is 7.32. The predicted octanol–water partition coefficient (Wildman–Crippen LogP) is 3.99. The second kappa shape index (κ2) is 10.3. The summed E-state index contributed by atoms with van der Waals surface area (Å²) >= 11 is 5.21. The molecule has 32 heavy (non-hydrogen) atoms. The molecule has 0 saturated carbocycles. The maximum Gasteiger partial charge on any atom is 0.270 e. The van der Waals surface area contributed by atoms with E-state index in [9.17, 15) is 19.7 Å². The summed E-state index contributed by atoms with van der Waals surface area (Å²) in [5.74, 6) is -0.819. The number of benzene rings is 3. The third-order valence-electron chi connectivity index (χ3n) is 4.56. The number of nitro groups is 1. The molecule has 9 heteroatoms. The summed E-state index contributed by atoms with van der Waals surface area (Å²) in [4.78, 5) is 37.3. The minimum Gasteiger partial charge on any atom is -0.337 e. The number of anilines is 1. The second-order valence-electron chi connectivity index (χ2n) is 6.91. The maximum atomic E-state index is 13.0. The molecule has 0 aliphatic rings. The van der Waals surface area contributed by atoms with Crippen LogP contribution in [-0.2, 0) is 6.54 Å². The average Bonchev–Trinajstić information content (AvgIpc) is 2.79. The lowest BCUT2D eigenvalue weighted by molar-refractivity contribution is -0.384. The molecule has 0 bridgehead atoms. The van der Waals surface area contributed by atoms with Gasteiger partial charge in [-0.25, -0.2) is 0 Å². The van der Waals surface area contributed by atoms with Crippen LogP contribution in [0.3, 0.4) is 0 Å². The van der Waals surface area contributed by atoms with Crippen LogP contribution in [0.4, 0.5) is 11.4 Å². The largest absolute Gasteiger partial charge is 0.337 e. The van der Waals surface area contributed by atoms with Crippen LogP contribution in [0.1, 0.15) is 26.3 Å². The van der Waals surface area contributed by atoms with Crippen molar-refractivity contribution in [2.45, 2.75) is 6.54 Å². The zero-order valence-electron chi connectivity index (χ0n) is 17.1. The summed E-state index contributed by atoms with van der Waals surface area (Å²) < 4.78 is 0.